The maximum atomic E-state index is 5.81. The number of hydrogen-bond donors (Lipinski definition) is 1. The van der Waals surface area contributed by atoms with Crippen LogP contribution >= 0.6 is 0 Å². The Morgan fingerprint density at radius 2 is 1.35 bits per heavy atom. The SMILES string of the molecule is Cc1ccc(OC2=C[C@@H](c3ccc(Oc4ccccc4)cc3)ON2)cc1. The lowest BCUT2D eigenvalue weighted by Gasteiger charge is -2.09. The van der Waals surface area contributed by atoms with Crippen molar-refractivity contribution in [3.05, 3.63) is 102 Å². The van der Waals surface area contributed by atoms with Crippen LogP contribution in [0.5, 0.6) is 17.2 Å². The second-order valence-electron chi connectivity index (χ2n) is 6.07. The lowest BCUT2D eigenvalue weighted by atomic mass is 10.1. The van der Waals surface area contributed by atoms with Crippen molar-refractivity contribution in [1.29, 1.82) is 0 Å². The van der Waals surface area contributed by atoms with E-state index in [0.29, 0.717) is 5.88 Å². The molecular formula is C22H19NO3. The molecule has 0 aliphatic carbocycles. The summed E-state index contributed by atoms with van der Waals surface area (Å²) in [6.45, 7) is 2.04. The van der Waals surface area contributed by atoms with Crippen molar-refractivity contribution in [2.75, 3.05) is 0 Å². The Hall–Kier alpha value is -3.24. The fraction of sp³-hybridized carbons (Fsp3) is 0.0909. The lowest BCUT2D eigenvalue weighted by molar-refractivity contribution is 0.0273. The molecule has 0 saturated heterocycles. The van der Waals surface area contributed by atoms with Gasteiger partial charge in [0.25, 0.3) is 0 Å². The highest BCUT2D eigenvalue weighted by Gasteiger charge is 2.20. The molecule has 1 N–H and O–H groups in total. The molecular weight excluding hydrogens is 326 g/mol. The summed E-state index contributed by atoms with van der Waals surface area (Å²) in [5, 5.41) is 0. The van der Waals surface area contributed by atoms with E-state index in [1.165, 1.54) is 5.56 Å². The molecule has 1 heterocycles. The molecule has 0 amide bonds. The number of hydroxylamine groups is 1. The first-order valence-electron chi connectivity index (χ1n) is 8.47. The van der Waals surface area contributed by atoms with Gasteiger partial charge in [-0.05, 0) is 48.9 Å². The zero-order chi connectivity index (χ0) is 17.8. The molecule has 0 unspecified atom stereocenters. The zero-order valence-corrected chi connectivity index (χ0v) is 14.4. The fourth-order valence-corrected chi connectivity index (χ4v) is 2.63. The quantitative estimate of drug-likeness (QED) is 0.682. The standard InChI is InChI=1S/C22H19NO3/c1-16-7-11-20(12-8-16)25-22-15-21(26-23-22)17-9-13-19(14-10-17)24-18-5-3-2-4-6-18/h2-15,21,23H,1H3/t21-/m0/s1. The number of ether oxygens (including phenoxy) is 2. The number of rotatable bonds is 5. The molecule has 3 aromatic rings. The van der Waals surface area contributed by atoms with E-state index in [1.54, 1.807) is 0 Å². The normalized spacial score (nSPS) is 15.9. The minimum atomic E-state index is -0.207. The first-order valence-corrected chi connectivity index (χ1v) is 8.47. The van der Waals surface area contributed by atoms with Crippen LogP contribution < -0.4 is 15.0 Å². The van der Waals surface area contributed by atoms with E-state index < -0.39 is 0 Å². The van der Waals surface area contributed by atoms with Gasteiger partial charge in [-0.3, -0.25) is 4.84 Å². The molecule has 26 heavy (non-hydrogen) atoms. The third-order valence-corrected chi connectivity index (χ3v) is 4.03. The van der Waals surface area contributed by atoms with Gasteiger partial charge in [0.15, 0.2) is 0 Å². The highest BCUT2D eigenvalue weighted by Crippen LogP contribution is 2.28. The fourth-order valence-electron chi connectivity index (χ4n) is 2.63. The maximum absolute atomic E-state index is 5.81. The number of nitrogens with one attached hydrogen (secondary N) is 1. The average molecular weight is 345 g/mol. The molecule has 4 rings (SSSR count). The van der Waals surface area contributed by atoms with Gasteiger partial charge < -0.3 is 9.47 Å². The van der Waals surface area contributed by atoms with E-state index in [9.17, 15) is 0 Å². The van der Waals surface area contributed by atoms with Gasteiger partial charge in [0.05, 0.1) is 0 Å². The molecule has 4 nitrogen and oxygen atoms in total. The first kappa shape index (κ1) is 16.2. The number of aryl methyl sites for hydroxylation is 1. The predicted octanol–water partition coefficient (Wildman–Crippen LogP) is 5.28. The molecule has 1 aliphatic rings. The number of para-hydroxylation sites is 1. The van der Waals surface area contributed by atoms with Gasteiger partial charge in [0, 0.05) is 6.08 Å². The largest absolute Gasteiger partial charge is 0.457 e. The van der Waals surface area contributed by atoms with Crippen LogP contribution in [-0.2, 0) is 4.84 Å². The van der Waals surface area contributed by atoms with E-state index in [1.807, 2.05) is 91.9 Å². The Morgan fingerprint density at radius 1 is 0.731 bits per heavy atom. The van der Waals surface area contributed by atoms with Crippen molar-refractivity contribution in [3.8, 4) is 17.2 Å². The molecule has 1 aliphatic heterocycles. The summed E-state index contributed by atoms with van der Waals surface area (Å²) in [7, 11) is 0. The molecule has 1 atom stereocenters. The minimum absolute atomic E-state index is 0.207. The topological polar surface area (TPSA) is 39.7 Å². The molecule has 3 aromatic carbocycles. The first-order chi connectivity index (χ1) is 12.8. The smallest absolute Gasteiger partial charge is 0.216 e. The zero-order valence-electron chi connectivity index (χ0n) is 14.4. The van der Waals surface area contributed by atoms with Gasteiger partial charge in [0.1, 0.15) is 23.4 Å². The van der Waals surface area contributed by atoms with Crippen molar-refractivity contribution in [1.82, 2.24) is 5.48 Å². The van der Waals surface area contributed by atoms with Gasteiger partial charge in [-0.1, -0.05) is 48.0 Å². The van der Waals surface area contributed by atoms with Crippen LogP contribution in [0.1, 0.15) is 17.2 Å². The molecule has 0 radical (unpaired) electrons. The van der Waals surface area contributed by atoms with Crippen molar-refractivity contribution in [2.45, 2.75) is 13.0 Å². The summed E-state index contributed by atoms with van der Waals surface area (Å²) < 4.78 is 11.6. The Morgan fingerprint density at radius 3 is 2.08 bits per heavy atom. The van der Waals surface area contributed by atoms with Crippen LogP contribution in [0.3, 0.4) is 0 Å². The van der Waals surface area contributed by atoms with Crippen LogP contribution in [0, 0.1) is 6.92 Å². The summed E-state index contributed by atoms with van der Waals surface area (Å²) in [5.41, 5.74) is 5.04. The Labute approximate surface area is 152 Å². The van der Waals surface area contributed by atoms with Crippen LogP contribution in [0.4, 0.5) is 0 Å². The summed E-state index contributed by atoms with van der Waals surface area (Å²) in [4.78, 5) is 5.60. The van der Waals surface area contributed by atoms with Crippen molar-refractivity contribution < 1.29 is 14.3 Å². The summed E-state index contributed by atoms with van der Waals surface area (Å²) in [6.07, 6.45) is 1.70. The lowest BCUT2D eigenvalue weighted by Crippen LogP contribution is -2.12. The molecule has 0 spiro atoms. The van der Waals surface area contributed by atoms with Crippen molar-refractivity contribution in [2.24, 2.45) is 0 Å². The number of benzene rings is 3. The van der Waals surface area contributed by atoms with Crippen LogP contribution in [0.25, 0.3) is 0 Å². The van der Waals surface area contributed by atoms with Crippen LogP contribution in [-0.4, -0.2) is 0 Å². The van der Waals surface area contributed by atoms with E-state index in [0.717, 1.165) is 22.8 Å². The molecule has 0 fully saturated rings. The highest BCUT2D eigenvalue weighted by molar-refractivity contribution is 5.35. The number of hydrogen-bond acceptors (Lipinski definition) is 4. The monoisotopic (exact) mass is 345 g/mol. The van der Waals surface area contributed by atoms with E-state index in [-0.39, 0.29) is 6.10 Å². The Kier molecular flexibility index (Phi) is 4.58. The minimum Gasteiger partial charge on any atom is -0.457 e. The van der Waals surface area contributed by atoms with Crippen LogP contribution in [0.15, 0.2) is 90.8 Å². The van der Waals surface area contributed by atoms with Crippen molar-refractivity contribution in [3.63, 3.8) is 0 Å². The van der Waals surface area contributed by atoms with Gasteiger partial charge in [-0.25, -0.2) is 5.48 Å². The molecule has 0 saturated carbocycles. The Bertz CT molecular complexity index is 887. The van der Waals surface area contributed by atoms with Gasteiger partial charge in [-0.2, -0.15) is 0 Å². The summed E-state index contributed by atoms with van der Waals surface area (Å²) in [5.74, 6) is 2.95. The highest BCUT2D eigenvalue weighted by atomic mass is 16.7. The van der Waals surface area contributed by atoms with E-state index in [4.69, 9.17) is 14.3 Å². The molecule has 4 heteroatoms. The maximum Gasteiger partial charge on any atom is 0.216 e. The van der Waals surface area contributed by atoms with Crippen molar-refractivity contribution >= 4 is 0 Å². The second-order valence-corrected chi connectivity index (χ2v) is 6.07. The van der Waals surface area contributed by atoms with Gasteiger partial charge in [-0.15, -0.1) is 0 Å². The van der Waals surface area contributed by atoms with Crippen LogP contribution in [0.2, 0.25) is 0 Å². The van der Waals surface area contributed by atoms with E-state index in [2.05, 4.69) is 5.48 Å². The summed E-state index contributed by atoms with van der Waals surface area (Å²) >= 11 is 0. The average Bonchev–Trinajstić information content (AvgIpc) is 3.14. The second kappa shape index (κ2) is 7.33. The Balaban J connectivity index is 1.41. The molecule has 130 valence electrons. The third kappa shape index (κ3) is 3.87. The van der Waals surface area contributed by atoms with Gasteiger partial charge >= 0.3 is 0 Å². The van der Waals surface area contributed by atoms with Gasteiger partial charge in [0.2, 0.25) is 5.88 Å². The molecule has 0 aromatic heterocycles. The summed E-state index contributed by atoms with van der Waals surface area (Å²) in [6, 6.07) is 25.4. The predicted molar refractivity (Wildman–Crippen MR) is 99.8 cm³/mol. The van der Waals surface area contributed by atoms with E-state index >= 15 is 0 Å². The third-order valence-electron chi connectivity index (χ3n) is 4.03. The molecule has 0 bridgehead atoms.